The predicted molar refractivity (Wildman–Crippen MR) is 74.6 cm³/mol. The van der Waals surface area contributed by atoms with E-state index in [4.69, 9.17) is 19.9 Å². The first-order valence-corrected chi connectivity index (χ1v) is 6.47. The molecule has 20 heavy (non-hydrogen) atoms. The third-order valence-electron chi connectivity index (χ3n) is 3.05. The van der Waals surface area contributed by atoms with Crippen LogP contribution >= 0.6 is 0 Å². The molecule has 0 radical (unpaired) electrons. The van der Waals surface area contributed by atoms with Gasteiger partial charge in [-0.05, 0) is 26.0 Å². The molecule has 1 amide bonds. The van der Waals surface area contributed by atoms with Crippen molar-refractivity contribution in [2.24, 2.45) is 5.73 Å². The number of rotatable bonds is 4. The first-order valence-electron chi connectivity index (χ1n) is 6.47. The molecule has 6 nitrogen and oxygen atoms in total. The predicted octanol–water partition coefficient (Wildman–Crippen LogP) is 0.934. The van der Waals surface area contributed by atoms with Gasteiger partial charge in [-0.3, -0.25) is 4.79 Å². The monoisotopic (exact) mass is 280 g/mol. The lowest BCUT2D eigenvalue weighted by Gasteiger charge is -2.25. The number of fused-ring (bicyclic) bond motifs is 1. The minimum Gasteiger partial charge on any atom is -0.493 e. The number of nitrogens with one attached hydrogen (secondary N) is 1. The molecule has 0 atom stereocenters. The molecule has 0 unspecified atom stereocenters. The Hall–Kier alpha value is -1.95. The maximum Gasteiger partial charge on any atom is 0.252 e. The molecule has 2 rings (SSSR count). The second kappa shape index (κ2) is 5.58. The van der Waals surface area contributed by atoms with Crippen molar-refractivity contribution in [3.8, 4) is 17.2 Å². The van der Waals surface area contributed by atoms with Gasteiger partial charge < -0.3 is 25.3 Å². The number of benzene rings is 1. The van der Waals surface area contributed by atoms with Gasteiger partial charge in [-0.1, -0.05) is 0 Å². The van der Waals surface area contributed by atoms with E-state index in [1.165, 1.54) is 7.11 Å². The Labute approximate surface area is 118 Å². The van der Waals surface area contributed by atoms with E-state index in [-0.39, 0.29) is 5.91 Å². The Kier molecular flexibility index (Phi) is 4.04. The fourth-order valence-corrected chi connectivity index (χ4v) is 1.83. The number of methoxy groups -OCH3 is 1. The van der Waals surface area contributed by atoms with Crippen LogP contribution in [0.25, 0.3) is 0 Å². The highest BCUT2D eigenvalue weighted by molar-refractivity contribution is 5.96. The molecule has 110 valence electrons. The van der Waals surface area contributed by atoms with Crippen LogP contribution in [0.4, 0.5) is 0 Å². The fourth-order valence-electron chi connectivity index (χ4n) is 1.83. The third-order valence-corrected chi connectivity index (χ3v) is 3.05. The van der Waals surface area contributed by atoms with E-state index in [0.717, 1.165) is 0 Å². The molecule has 1 aliphatic rings. The summed E-state index contributed by atoms with van der Waals surface area (Å²) in [5.74, 6) is 1.31. The highest BCUT2D eigenvalue weighted by Crippen LogP contribution is 2.40. The Morgan fingerprint density at radius 3 is 2.75 bits per heavy atom. The second-order valence-electron chi connectivity index (χ2n) is 5.24. The summed E-state index contributed by atoms with van der Waals surface area (Å²) < 4.78 is 16.3. The molecule has 0 saturated heterocycles. The van der Waals surface area contributed by atoms with Gasteiger partial charge in [0.1, 0.15) is 13.2 Å². The zero-order chi connectivity index (χ0) is 14.8. The van der Waals surface area contributed by atoms with E-state index in [9.17, 15) is 4.79 Å². The zero-order valence-electron chi connectivity index (χ0n) is 12.0. The molecule has 1 aromatic rings. The maximum absolute atomic E-state index is 12.3. The van der Waals surface area contributed by atoms with Gasteiger partial charge in [0.05, 0.1) is 7.11 Å². The van der Waals surface area contributed by atoms with E-state index < -0.39 is 5.54 Å². The quantitative estimate of drug-likeness (QED) is 0.857. The third kappa shape index (κ3) is 2.96. The molecule has 1 aliphatic heterocycles. The summed E-state index contributed by atoms with van der Waals surface area (Å²) >= 11 is 0. The van der Waals surface area contributed by atoms with Gasteiger partial charge in [-0.2, -0.15) is 0 Å². The van der Waals surface area contributed by atoms with Crippen molar-refractivity contribution in [3.05, 3.63) is 17.7 Å². The topological polar surface area (TPSA) is 82.8 Å². The van der Waals surface area contributed by atoms with Crippen LogP contribution in [-0.2, 0) is 0 Å². The summed E-state index contributed by atoms with van der Waals surface area (Å²) in [5, 5.41) is 2.86. The number of nitrogens with two attached hydrogens (primary N) is 1. The van der Waals surface area contributed by atoms with Crippen LogP contribution in [0.2, 0.25) is 0 Å². The number of carbonyl (C=O) groups is 1. The zero-order valence-corrected chi connectivity index (χ0v) is 12.0. The lowest BCUT2D eigenvalue weighted by molar-refractivity contribution is 0.0913. The summed E-state index contributed by atoms with van der Waals surface area (Å²) in [5.41, 5.74) is 5.59. The molecule has 1 aromatic carbocycles. The summed E-state index contributed by atoms with van der Waals surface area (Å²) in [4.78, 5) is 12.3. The van der Waals surface area contributed by atoms with Crippen LogP contribution in [-0.4, -0.2) is 38.3 Å². The molecule has 3 N–H and O–H groups in total. The van der Waals surface area contributed by atoms with Crippen LogP contribution in [0.3, 0.4) is 0 Å². The highest BCUT2D eigenvalue weighted by atomic mass is 16.6. The molecule has 0 aromatic heterocycles. The largest absolute Gasteiger partial charge is 0.493 e. The van der Waals surface area contributed by atoms with Crippen molar-refractivity contribution < 1.29 is 19.0 Å². The summed E-state index contributed by atoms with van der Waals surface area (Å²) in [6.07, 6.45) is 0. The van der Waals surface area contributed by atoms with Crippen molar-refractivity contribution in [2.75, 3.05) is 26.9 Å². The SMILES string of the molecule is COc1cc(C(=O)NC(C)(C)CN)cc2c1OCCO2. The number of hydrogen-bond acceptors (Lipinski definition) is 5. The molecule has 0 spiro atoms. The van der Waals surface area contributed by atoms with Gasteiger partial charge in [0, 0.05) is 17.6 Å². The molecule has 1 heterocycles. The van der Waals surface area contributed by atoms with E-state index >= 15 is 0 Å². The molecular weight excluding hydrogens is 260 g/mol. The number of ether oxygens (including phenoxy) is 3. The van der Waals surface area contributed by atoms with Gasteiger partial charge in [0.2, 0.25) is 5.75 Å². The number of carbonyl (C=O) groups excluding carboxylic acids is 1. The average Bonchev–Trinajstić information content (AvgIpc) is 2.45. The van der Waals surface area contributed by atoms with Crippen molar-refractivity contribution in [1.82, 2.24) is 5.32 Å². The standard InChI is InChI=1S/C14H20N2O4/c1-14(2,8-15)16-13(17)9-6-10(18-3)12-11(7-9)19-4-5-20-12/h6-7H,4-5,8,15H2,1-3H3,(H,16,17). The maximum atomic E-state index is 12.3. The lowest BCUT2D eigenvalue weighted by atomic mass is 10.0. The van der Waals surface area contributed by atoms with Gasteiger partial charge in [0.15, 0.2) is 11.5 Å². The number of hydrogen-bond donors (Lipinski definition) is 2. The first kappa shape index (κ1) is 14.5. The Balaban J connectivity index is 2.31. The lowest BCUT2D eigenvalue weighted by Crippen LogP contribution is -2.48. The summed E-state index contributed by atoms with van der Waals surface area (Å²) in [7, 11) is 1.53. The van der Waals surface area contributed by atoms with E-state index in [1.54, 1.807) is 12.1 Å². The Morgan fingerprint density at radius 2 is 2.10 bits per heavy atom. The molecule has 0 bridgehead atoms. The molecule has 0 saturated carbocycles. The Bertz CT molecular complexity index is 497. The van der Waals surface area contributed by atoms with Gasteiger partial charge >= 0.3 is 0 Å². The summed E-state index contributed by atoms with van der Waals surface area (Å²) in [6, 6.07) is 3.29. The average molecular weight is 280 g/mol. The Morgan fingerprint density at radius 1 is 1.40 bits per heavy atom. The van der Waals surface area contributed by atoms with Crippen LogP contribution in [0, 0.1) is 0 Å². The van der Waals surface area contributed by atoms with Gasteiger partial charge in [-0.15, -0.1) is 0 Å². The van der Waals surface area contributed by atoms with Crippen LogP contribution in [0.15, 0.2) is 12.1 Å². The van der Waals surface area contributed by atoms with Crippen molar-refractivity contribution >= 4 is 5.91 Å². The normalized spacial score (nSPS) is 13.8. The number of amides is 1. The molecule has 6 heteroatoms. The van der Waals surface area contributed by atoms with Gasteiger partial charge in [0.25, 0.3) is 5.91 Å². The summed E-state index contributed by atoms with van der Waals surface area (Å²) in [6.45, 7) is 4.99. The van der Waals surface area contributed by atoms with Crippen molar-refractivity contribution in [3.63, 3.8) is 0 Å². The second-order valence-corrected chi connectivity index (χ2v) is 5.24. The first-order chi connectivity index (χ1) is 9.46. The van der Waals surface area contributed by atoms with E-state index in [1.807, 2.05) is 13.8 Å². The van der Waals surface area contributed by atoms with Gasteiger partial charge in [-0.25, -0.2) is 0 Å². The van der Waals surface area contributed by atoms with E-state index in [2.05, 4.69) is 5.32 Å². The van der Waals surface area contributed by atoms with Crippen LogP contribution in [0.1, 0.15) is 24.2 Å². The van der Waals surface area contributed by atoms with Crippen molar-refractivity contribution in [2.45, 2.75) is 19.4 Å². The highest BCUT2D eigenvalue weighted by Gasteiger charge is 2.24. The van der Waals surface area contributed by atoms with Crippen LogP contribution < -0.4 is 25.3 Å². The molecule has 0 aliphatic carbocycles. The smallest absolute Gasteiger partial charge is 0.252 e. The molecule has 0 fully saturated rings. The molecular formula is C14H20N2O4. The van der Waals surface area contributed by atoms with E-state index in [0.29, 0.717) is 42.6 Å². The minimum absolute atomic E-state index is 0.226. The van der Waals surface area contributed by atoms with Crippen molar-refractivity contribution in [1.29, 1.82) is 0 Å². The fraction of sp³-hybridized carbons (Fsp3) is 0.500. The van der Waals surface area contributed by atoms with Crippen LogP contribution in [0.5, 0.6) is 17.2 Å². The minimum atomic E-state index is -0.475.